The summed E-state index contributed by atoms with van der Waals surface area (Å²) in [4.78, 5) is 25.6. The molecule has 2 aromatic rings. The molecule has 1 aliphatic rings. The Bertz CT molecular complexity index is 743. The topological polar surface area (TPSA) is 63.4 Å². The van der Waals surface area contributed by atoms with Gasteiger partial charge in [-0.3, -0.25) is 14.5 Å². The number of anilines is 1. The predicted molar refractivity (Wildman–Crippen MR) is 75.8 cm³/mol. The molecule has 4 nitrogen and oxygen atoms in total. The Balaban J connectivity index is 1.93. The minimum absolute atomic E-state index is 0.0852. The van der Waals surface area contributed by atoms with Crippen molar-refractivity contribution in [1.82, 2.24) is 4.90 Å². The fourth-order valence-electron chi connectivity index (χ4n) is 2.42. The number of nitrogens with two attached hydrogens (primary N) is 1. The molecule has 0 saturated carbocycles. The lowest BCUT2D eigenvalue weighted by Gasteiger charge is -2.27. The second kappa shape index (κ2) is 5.01. The van der Waals surface area contributed by atoms with Crippen molar-refractivity contribution in [3.05, 3.63) is 65.0 Å². The maximum absolute atomic E-state index is 13.8. The van der Waals surface area contributed by atoms with Gasteiger partial charge in [0, 0.05) is 16.8 Å². The fraction of sp³-hybridized carbons (Fsp3) is 0.125. The highest BCUT2D eigenvalue weighted by molar-refractivity contribution is 6.09. The van der Waals surface area contributed by atoms with Crippen molar-refractivity contribution in [2.75, 3.05) is 5.73 Å². The molecule has 0 aliphatic carbocycles. The summed E-state index contributed by atoms with van der Waals surface area (Å²) in [5.41, 5.74) is 7.27. The first kappa shape index (κ1) is 13.3. The third kappa shape index (κ3) is 2.38. The molecule has 2 amide bonds. The second-order valence-corrected chi connectivity index (χ2v) is 4.97. The first-order chi connectivity index (χ1) is 10.1. The molecule has 0 spiro atoms. The number of imide groups is 1. The second-order valence-electron chi connectivity index (χ2n) is 4.97. The molecule has 5 heteroatoms. The summed E-state index contributed by atoms with van der Waals surface area (Å²) < 4.78 is 13.8. The highest BCUT2D eigenvalue weighted by Crippen LogP contribution is 2.22. The summed E-state index contributed by atoms with van der Waals surface area (Å²) in [6.45, 7) is -0.0852. The number of hydrogen-bond donors (Lipinski definition) is 1. The molecule has 0 bridgehead atoms. The van der Waals surface area contributed by atoms with Crippen LogP contribution in [-0.2, 0) is 17.8 Å². The minimum atomic E-state index is -0.519. The van der Waals surface area contributed by atoms with Gasteiger partial charge >= 0.3 is 0 Å². The number of halogens is 1. The van der Waals surface area contributed by atoms with Crippen LogP contribution in [0.15, 0.2) is 42.5 Å². The molecule has 0 fully saturated rings. The summed E-state index contributed by atoms with van der Waals surface area (Å²) in [6, 6.07) is 11.2. The van der Waals surface area contributed by atoms with Crippen LogP contribution in [0.2, 0.25) is 0 Å². The van der Waals surface area contributed by atoms with E-state index in [4.69, 9.17) is 5.73 Å². The van der Waals surface area contributed by atoms with Gasteiger partial charge in [0.1, 0.15) is 5.82 Å². The number of hydrogen-bond acceptors (Lipinski definition) is 3. The highest BCUT2D eigenvalue weighted by Gasteiger charge is 2.30. The van der Waals surface area contributed by atoms with E-state index in [1.807, 2.05) is 0 Å². The smallest absolute Gasteiger partial charge is 0.261 e. The van der Waals surface area contributed by atoms with E-state index in [1.54, 1.807) is 30.3 Å². The van der Waals surface area contributed by atoms with E-state index < -0.39 is 11.7 Å². The molecule has 3 rings (SSSR count). The van der Waals surface area contributed by atoms with Crippen LogP contribution in [0.4, 0.5) is 10.1 Å². The molecule has 0 unspecified atom stereocenters. The predicted octanol–water partition coefficient (Wildman–Crippen LogP) is 2.13. The summed E-state index contributed by atoms with van der Waals surface area (Å²) in [5, 5.41) is 0. The van der Waals surface area contributed by atoms with Gasteiger partial charge in [-0.1, -0.05) is 24.3 Å². The number of carbonyl (C=O) groups excluding carboxylic acids is 2. The average molecular weight is 284 g/mol. The van der Waals surface area contributed by atoms with Crippen LogP contribution in [0.25, 0.3) is 0 Å². The van der Waals surface area contributed by atoms with Gasteiger partial charge in [0.15, 0.2) is 0 Å². The normalized spacial score (nSPS) is 14.2. The number of rotatable bonds is 2. The first-order valence-electron chi connectivity index (χ1n) is 6.53. The molecule has 0 radical (unpaired) electrons. The molecule has 2 aromatic carbocycles. The van der Waals surface area contributed by atoms with Gasteiger partial charge in [0.05, 0.1) is 13.0 Å². The third-order valence-electron chi connectivity index (χ3n) is 3.54. The molecule has 2 N–H and O–H groups in total. The number of nitrogen functional groups attached to an aromatic ring is 1. The van der Waals surface area contributed by atoms with Gasteiger partial charge in [-0.15, -0.1) is 0 Å². The zero-order valence-electron chi connectivity index (χ0n) is 11.2. The number of amides is 2. The van der Waals surface area contributed by atoms with Crippen molar-refractivity contribution in [2.24, 2.45) is 0 Å². The minimum Gasteiger partial charge on any atom is -0.399 e. The Hall–Kier alpha value is -2.69. The first-order valence-corrected chi connectivity index (χ1v) is 6.53. The van der Waals surface area contributed by atoms with E-state index in [2.05, 4.69) is 0 Å². The lowest BCUT2D eigenvalue weighted by Crippen LogP contribution is -2.41. The van der Waals surface area contributed by atoms with Crippen LogP contribution in [0.1, 0.15) is 21.5 Å². The van der Waals surface area contributed by atoms with Gasteiger partial charge in [0.2, 0.25) is 5.91 Å². The van der Waals surface area contributed by atoms with Gasteiger partial charge in [0.25, 0.3) is 5.91 Å². The van der Waals surface area contributed by atoms with Gasteiger partial charge < -0.3 is 5.73 Å². The quantitative estimate of drug-likeness (QED) is 0.678. The van der Waals surface area contributed by atoms with Crippen LogP contribution in [0.3, 0.4) is 0 Å². The number of benzene rings is 2. The molecule has 1 aliphatic heterocycles. The van der Waals surface area contributed by atoms with Gasteiger partial charge in [-0.2, -0.15) is 0 Å². The molecule has 0 atom stereocenters. The maximum atomic E-state index is 13.8. The van der Waals surface area contributed by atoms with Crippen LogP contribution >= 0.6 is 0 Å². The van der Waals surface area contributed by atoms with Crippen molar-refractivity contribution in [3.63, 3.8) is 0 Å². The zero-order valence-corrected chi connectivity index (χ0v) is 11.2. The van der Waals surface area contributed by atoms with Gasteiger partial charge in [-0.05, 0) is 23.8 Å². The molecular weight excluding hydrogens is 271 g/mol. The fourth-order valence-corrected chi connectivity index (χ4v) is 2.42. The van der Waals surface area contributed by atoms with Crippen molar-refractivity contribution in [3.8, 4) is 0 Å². The zero-order chi connectivity index (χ0) is 15.0. The van der Waals surface area contributed by atoms with Crippen molar-refractivity contribution < 1.29 is 14.0 Å². The highest BCUT2D eigenvalue weighted by atomic mass is 19.1. The summed E-state index contributed by atoms with van der Waals surface area (Å²) in [7, 11) is 0. The van der Waals surface area contributed by atoms with E-state index in [9.17, 15) is 14.0 Å². The summed E-state index contributed by atoms with van der Waals surface area (Å²) in [6.07, 6.45) is 0.151. The Morgan fingerprint density at radius 1 is 1.14 bits per heavy atom. The monoisotopic (exact) mass is 284 g/mol. The molecule has 106 valence electrons. The molecule has 21 heavy (non-hydrogen) atoms. The SMILES string of the molecule is Nc1ccc(CN2C(=O)Cc3ccccc3C2=O)c(F)c1. The standard InChI is InChI=1S/C16H13FN2O2/c17-14-8-12(18)6-5-11(14)9-19-15(20)7-10-3-1-2-4-13(10)16(19)21/h1-6,8H,7,9,18H2. The average Bonchev–Trinajstić information content (AvgIpc) is 2.45. The Kier molecular flexibility index (Phi) is 3.17. The Morgan fingerprint density at radius 2 is 1.90 bits per heavy atom. The van der Waals surface area contributed by atoms with E-state index >= 15 is 0 Å². The lowest BCUT2D eigenvalue weighted by atomic mass is 9.98. The van der Waals surface area contributed by atoms with Crippen molar-refractivity contribution in [1.29, 1.82) is 0 Å². The third-order valence-corrected chi connectivity index (χ3v) is 3.54. The van der Waals surface area contributed by atoms with E-state index in [-0.39, 0.29) is 24.4 Å². The van der Waals surface area contributed by atoms with E-state index in [0.717, 1.165) is 4.90 Å². The van der Waals surface area contributed by atoms with E-state index in [1.165, 1.54) is 12.1 Å². The van der Waals surface area contributed by atoms with Crippen LogP contribution < -0.4 is 5.73 Å². The molecule has 0 saturated heterocycles. The summed E-state index contributed by atoms with van der Waals surface area (Å²) >= 11 is 0. The number of carbonyl (C=O) groups is 2. The molecule has 1 heterocycles. The number of nitrogens with zero attached hydrogens (tertiary/aromatic N) is 1. The lowest BCUT2D eigenvalue weighted by molar-refractivity contribution is -0.128. The summed E-state index contributed by atoms with van der Waals surface area (Å²) in [5.74, 6) is -1.23. The maximum Gasteiger partial charge on any atom is 0.261 e. The Labute approximate surface area is 121 Å². The van der Waals surface area contributed by atoms with Crippen LogP contribution in [0.5, 0.6) is 0 Å². The van der Waals surface area contributed by atoms with Crippen molar-refractivity contribution in [2.45, 2.75) is 13.0 Å². The largest absolute Gasteiger partial charge is 0.399 e. The molecular formula is C16H13FN2O2. The van der Waals surface area contributed by atoms with Gasteiger partial charge in [-0.25, -0.2) is 4.39 Å². The van der Waals surface area contributed by atoms with Crippen LogP contribution in [0, 0.1) is 5.82 Å². The van der Waals surface area contributed by atoms with E-state index in [0.29, 0.717) is 16.8 Å². The number of fused-ring (bicyclic) bond motifs is 1. The Morgan fingerprint density at radius 3 is 2.67 bits per heavy atom. The molecule has 0 aromatic heterocycles. The van der Waals surface area contributed by atoms with Crippen LogP contribution in [-0.4, -0.2) is 16.7 Å². The van der Waals surface area contributed by atoms with Crippen molar-refractivity contribution >= 4 is 17.5 Å².